The zero-order valence-electron chi connectivity index (χ0n) is 13.0. The fourth-order valence-electron chi connectivity index (χ4n) is 4.25. The summed E-state index contributed by atoms with van der Waals surface area (Å²) >= 11 is 0. The number of nitrogens with zero attached hydrogens (tertiary/aromatic N) is 3. The highest BCUT2D eigenvalue weighted by Gasteiger charge is 2.49. The molecule has 0 N–H and O–H groups in total. The second-order valence-electron chi connectivity index (χ2n) is 6.86. The average molecular weight is 291 g/mol. The lowest BCUT2D eigenvalue weighted by atomic mass is 9.85. The van der Waals surface area contributed by atoms with E-state index in [1.807, 2.05) is 0 Å². The third-order valence-electron chi connectivity index (χ3n) is 4.94. The maximum absolute atomic E-state index is 11.9. The molecule has 0 aromatic carbocycles. The van der Waals surface area contributed by atoms with Gasteiger partial charge in [-0.05, 0) is 44.6 Å². The van der Waals surface area contributed by atoms with Crippen molar-refractivity contribution in [2.24, 2.45) is 5.92 Å². The number of fused-ring (bicyclic) bond motifs is 1. The maximum atomic E-state index is 11.9. The van der Waals surface area contributed by atoms with Gasteiger partial charge in [-0.15, -0.1) is 0 Å². The van der Waals surface area contributed by atoms with Gasteiger partial charge < -0.3 is 4.74 Å². The van der Waals surface area contributed by atoms with Crippen LogP contribution >= 0.6 is 0 Å². The minimum atomic E-state index is -0.326. The van der Waals surface area contributed by atoms with Gasteiger partial charge in [-0.2, -0.15) is 0 Å². The highest BCUT2D eigenvalue weighted by atomic mass is 16.5. The van der Waals surface area contributed by atoms with Crippen LogP contribution in [0.3, 0.4) is 0 Å². The quantitative estimate of drug-likeness (QED) is 0.856. The maximum Gasteiger partial charge on any atom is 0.419 e. The number of carbonyl (C=O) groups excluding carboxylic acids is 1. The number of hydrogen-bond acceptors (Lipinski definition) is 4. The van der Waals surface area contributed by atoms with Crippen LogP contribution in [0, 0.1) is 5.92 Å². The first-order chi connectivity index (χ1) is 10.1. The summed E-state index contributed by atoms with van der Waals surface area (Å²) in [7, 11) is 0. The largest absolute Gasteiger partial charge is 0.447 e. The Kier molecular flexibility index (Phi) is 4.02. The lowest BCUT2D eigenvalue weighted by molar-refractivity contribution is 0.0739. The Labute approximate surface area is 126 Å². The van der Waals surface area contributed by atoms with Crippen molar-refractivity contribution in [2.75, 3.05) is 13.2 Å². The number of carbonyl (C=O) groups is 1. The van der Waals surface area contributed by atoms with Crippen molar-refractivity contribution in [3.05, 3.63) is 18.7 Å². The minimum Gasteiger partial charge on any atom is -0.447 e. The van der Waals surface area contributed by atoms with Crippen molar-refractivity contribution >= 4 is 6.09 Å². The fraction of sp³-hybridized carbons (Fsp3) is 0.750. The fourth-order valence-corrected chi connectivity index (χ4v) is 4.25. The third kappa shape index (κ3) is 2.84. The molecule has 0 spiro atoms. The molecule has 1 aromatic heterocycles. The SMILES string of the molecule is CC(C)C[C@]12CCCN1[C@@H](COC(=O)n1ccnc1)CC2. The van der Waals surface area contributed by atoms with Gasteiger partial charge in [-0.1, -0.05) is 13.8 Å². The second kappa shape index (κ2) is 5.79. The minimum absolute atomic E-state index is 0.326. The Morgan fingerprint density at radius 1 is 1.48 bits per heavy atom. The van der Waals surface area contributed by atoms with Crippen LogP contribution in [-0.4, -0.2) is 45.3 Å². The van der Waals surface area contributed by atoms with Gasteiger partial charge in [0.15, 0.2) is 0 Å². The molecular formula is C16H25N3O2. The molecular weight excluding hydrogens is 266 g/mol. The standard InChI is InChI=1S/C16H25N3O2/c1-13(2)10-16-5-3-8-19(16)14(4-6-16)11-21-15(20)18-9-7-17-12-18/h7,9,12-14H,3-6,8,10-11H2,1-2H3/t14-,16-/m1/s1. The van der Waals surface area contributed by atoms with E-state index in [9.17, 15) is 4.79 Å². The van der Waals surface area contributed by atoms with Gasteiger partial charge in [0.2, 0.25) is 0 Å². The molecule has 5 heteroatoms. The van der Waals surface area contributed by atoms with Crippen molar-refractivity contribution in [3.8, 4) is 0 Å². The van der Waals surface area contributed by atoms with E-state index in [2.05, 4.69) is 23.7 Å². The normalized spacial score (nSPS) is 29.0. The Hall–Kier alpha value is -1.36. The molecule has 0 radical (unpaired) electrons. The Bertz CT molecular complexity index is 486. The van der Waals surface area contributed by atoms with Crippen LogP contribution < -0.4 is 0 Å². The Balaban J connectivity index is 1.59. The molecule has 2 aliphatic rings. The molecule has 0 unspecified atom stereocenters. The second-order valence-corrected chi connectivity index (χ2v) is 6.86. The third-order valence-corrected chi connectivity index (χ3v) is 4.94. The summed E-state index contributed by atoms with van der Waals surface area (Å²) in [5.41, 5.74) is 0.375. The van der Waals surface area contributed by atoms with Crippen LogP contribution in [0.4, 0.5) is 4.79 Å². The first-order valence-corrected chi connectivity index (χ1v) is 8.02. The number of hydrogen-bond donors (Lipinski definition) is 0. The predicted molar refractivity (Wildman–Crippen MR) is 80.1 cm³/mol. The Morgan fingerprint density at radius 2 is 2.33 bits per heavy atom. The van der Waals surface area contributed by atoms with Crippen molar-refractivity contribution < 1.29 is 9.53 Å². The van der Waals surface area contributed by atoms with Crippen LogP contribution in [0.25, 0.3) is 0 Å². The van der Waals surface area contributed by atoms with Gasteiger partial charge in [-0.25, -0.2) is 14.3 Å². The number of aromatic nitrogens is 2. The van der Waals surface area contributed by atoms with E-state index >= 15 is 0 Å². The van der Waals surface area contributed by atoms with E-state index in [0.717, 1.165) is 18.9 Å². The van der Waals surface area contributed by atoms with E-state index in [1.165, 1.54) is 36.6 Å². The molecule has 3 rings (SSSR count). The molecule has 0 aliphatic carbocycles. The lowest BCUT2D eigenvalue weighted by Gasteiger charge is -2.36. The number of ether oxygens (including phenoxy) is 1. The topological polar surface area (TPSA) is 47.4 Å². The van der Waals surface area contributed by atoms with Crippen LogP contribution in [0.5, 0.6) is 0 Å². The van der Waals surface area contributed by atoms with E-state index in [-0.39, 0.29) is 6.09 Å². The summed E-state index contributed by atoms with van der Waals surface area (Å²) in [5.74, 6) is 0.720. The molecule has 2 fully saturated rings. The van der Waals surface area contributed by atoms with Gasteiger partial charge in [0, 0.05) is 24.0 Å². The summed E-state index contributed by atoms with van der Waals surface area (Å²) in [5, 5.41) is 0. The molecule has 116 valence electrons. The molecule has 0 amide bonds. The van der Waals surface area contributed by atoms with Crippen LogP contribution in [0.2, 0.25) is 0 Å². The van der Waals surface area contributed by atoms with Crippen molar-refractivity contribution in [1.29, 1.82) is 0 Å². The van der Waals surface area contributed by atoms with Crippen LogP contribution in [-0.2, 0) is 4.74 Å². The first kappa shape index (κ1) is 14.6. The van der Waals surface area contributed by atoms with Crippen LogP contribution in [0.15, 0.2) is 18.7 Å². The molecule has 2 saturated heterocycles. The number of imidazole rings is 1. The summed E-state index contributed by atoms with van der Waals surface area (Å²) in [6.07, 6.45) is 10.6. The summed E-state index contributed by atoms with van der Waals surface area (Å²) in [6.45, 7) is 6.26. The van der Waals surface area contributed by atoms with Gasteiger partial charge in [0.25, 0.3) is 0 Å². The zero-order chi connectivity index (χ0) is 14.9. The predicted octanol–water partition coefficient (Wildman–Crippen LogP) is 2.91. The van der Waals surface area contributed by atoms with Crippen molar-refractivity contribution in [3.63, 3.8) is 0 Å². The van der Waals surface area contributed by atoms with E-state index in [1.54, 1.807) is 12.4 Å². The molecule has 5 nitrogen and oxygen atoms in total. The van der Waals surface area contributed by atoms with Gasteiger partial charge in [-0.3, -0.25) is 4.90 Å². The van der Waals surface area contributed by atoms with Crippen molar-refractivity contribution in [2.45, 2.75) is 57.5 Å². The molecule has 0 saturated carbocycles. The Morgan fingerprint density at radius 3 is 3.05 bits per heavy atom. The van der Waals surface area contributed by atoms with E-state index < -0.39 is 0 Å². The average Bonchev–Trinajstić information content (AvgIpc) is 3.11. The van der Waals surface area contributed by atoms with Crippen LogP contribution in [0.1, 0.15) is 46.0 Å². The smallest absolute Gasteiger partial charge is 0.419 e. The summed E-state index contributed by atoms with van der Waals surface area (Å²) in [4.78, 5) is 18.4. The molecule has 2 aliphatic heterocycles. The lowest BCUT2D eigenvalue weighted by Crippen LogP contribution is -2.45. The summed E-state index contributed by atoms with van der Waals surface area (Å²) in [6, 6.07) is 0.388. The monoisotopic (exact) mass is 291 g/mol. The van der Waals surface area contributed by atoms with E-state index in [4.69, 9.17) is 4.74 Å². The van der Waals surface area contributed by atoms with Gasteiger partial charge >= 0.3 is 6.09 Å². The van der Waals surface area contributed by atoms with Gasteiger partial charge in [0.05, 0.1) is 0 Å². The zero-order valence-corrected chi connectivity index (χ0v) is 13.0. The molecule has 0 bridgehead atoms. The number of rotatable bonds is 4. The highest BCUT2D eigenvalue weighted by molar-refractivity contribution is 5.69. The van der Waals surface area contributed by atoms with Gasteiger partial charge in [0.1, 0.15) is 12.9 Å². The van der Waals surface area contributed by atoms with Crippen molar-refractivity contribution in [1.82, 2.24) is 14.5 Å². The molecule has 2 atom stereocenters. The molecule has 21 heavy (non-hydrogen) atoms. The summed E-state index contributed by atoms with van der Waals surface area (Å²) < 4.78 is 6.86. The van der Waals surface area contributed by atoms with E-state index in [0.29, 0.717) is 18.2 Å². The molecule has 3 heterocycles. The molecule has 1 aromatic rings. The highest BCUT2D eigenvalue weighted by Crippen LogP contribution is 2.46. The first-order valence-electron chi connectivity index (χ1n) is 8.02.